The van der Waals surface area contributed by atoms with Crippen molar-refractivity contribution in [1.29, 1.82) is 0 Å². The Labute approximate surface area is 102 Å². The molecule has 0 N–H and O–H groups in total. The van der Waals surface area contributed by atoms with Crippen molar-refractivity contribution >= 4 is 11.6 Å². The lowest BCUT2D eigenvalue weighted by molar-refractivity contribution is -0.137. The van der Waals surface area contributed by atoms with Gasteiger partial charge in [0.2, 0.25) is 0 Å². The van der Waals surface area contributed by atoms with E-state index in [-0.39, 0.29) is 10.6 Å². The number of hydrogen-bond donors (Lipinski definition) is 0. The van der Waals surface area contributed by atoms with Gasteiger partial charge in [0.15, 0.2) is 0 Å². The topological polar surface area (TPSA) is 0 Å². The molecule has 2 rings (SSSR count). The third kappa shape index (κ3) is 2.44. The van der Waals surface area contributed by atoms with Crippen LogP contribution >= 0.6 is 11.6 Å². The van der Waals surface area contributed by atoms with Crippen LogP contribution in [0, 0.1) is 6.07 Å². The highest BCUT2D eigenvalue weighted by molar-refractivity contribution is 6.33. The molecule has 0 amide bonds. The molecule has 0 fully saturated rings. The monoisotopic (exact) mass is 255 g/mol. The van der Waals surface area contributed by atoms with E-state index in [1.165, 1.54) is 12.1 Å². The summed E-state index contributed by atoms with van der Waals surface area (Å²) in [6.45, 7) is 0. The number of benzene rings is 2. The van der Waals surface area contributed by atoms with Gasteiger partial charge >= 0.3 is 6.18 Å². The van der Waals surface area contributed by atoms with Crippen molar-refractivity contribution in [3.8, 4) is 11.1 Å². The van der Waals surface area contributed by atoms with Crippen LogP contribution in [0.4, 0.5) is 13.2 Å². The maximum atomic E-state index is 12.8. The molecule has 4 heteroatoms. The van der Waals surface area contributed by atoms with Gasteiger partial charge in [0, 0.05) is 11.6 Å². The molecule has 0 aliphatic rings. The molecule has 2 aromatic carbocycles. The molecule has 0 aliphatic carbocycles. The van der Waals surface area contributed by atoms with Crippen LogP contribution in [0.25, 0.3) is 11.1 Å². The molecule has 0 atom stereocenters. The van der Waals surface area contributed by atoms with E-state index in [0.717, 1.165) is 6.07 Å². The molecular weight excluding hydrogens is 249 g/mol. The second-order valence-corrected chi connectivity index (χ2v) is 3.82. The third-order valence-electron chi connectivity index (χ3n) is 2.33. The zero-order valence-electron chi connectivity index (χ0n) is 8.55. The van der Waals surface area contributed by atoms with E-state index >= 15 is 0 Å². The van der Waals surface area contributed by atoms with Crippen molar-refractivity contribution in [2.75, 3.05) is 0 Å². The lowest BCUT2D eigenvalue weighted by Gasteiger charge is -2.13. The van der Waals surface area contributed by atoms with E-state index in [4.69, 9.17) is 11.6 Å². The number of alkyl halides is 3. The third-order valence-corrected chi connectivity index (χ3v) is 2.64. The predicted octanol–water partition coefficient (Wildman–Crippen LogP) is 4.83. The van der Waals surface area contributed by atoms with E-state index in [2.05, 4.69) is 6.07 Å². The minimum atomic E-state index is -4.39. The summed E-state index contributed by atoms with van der Waals surface area (Å²) >= 11 is 5.86. The largest absolute Gasteiger partial charge is 0.417 e. The zero-order chi connectivity index (χ0) is 12.5. The maximum absolute atomic E-state index is 12.8. The molecule has 0 aliphatic heterocycles. The van der Waals surface area contributed by atoms with Crippen LogP contribution < -0.4 is 0 Å². The fourth-order valence-electron chi connectivity index (χ4n) is 1.59. The van der Waals surface area contributed by atoms with Crippen molar-refractivity contribution in [2.24, 2.45) is 0 Å². The van der Waals surface area contributed by atoms with Gasteiger partial charge in [-0.1, -0.05) is 48.0 Å². The van der Waals surface area contributed by atoms with Crippen LogP contribution in [0.1, 0.15) is 5.56 Å². The van der Waals surface area contributed by atoms with E-state index in [0.29, 0.717) is 5.56 Å². The molecule has 2 aromatic rings. The molecule has 17 heavy (non-hydrogen) atoms. The summed E-state index contributed by atoms with van der Waals surface area (Å²) in [7, 11) is 0. The molecule has 87 valence electrons. The second kappa shape index (κ2) is 4.41. The number of hydrogen-bond acceptors (Lipinski definition) is 0. The highest BCUT2D eigenvalue weighted by Gasteiger charge is 2.33. The lowest BCUT2D eigenvalue weighted by Crippen LogP contribution is -2.06. The summed E-state index contributed by atoms with van der Waals surface area (Å²) in [6, 6.07) is 12.7. The van der Waals surface area contributed by atoms with Gasteiger partial charge in [0.25, 0.3) is 0 Å². The van der Waals surface area contributed by atoms with E-state index in [1.807, 2.05) is 0 Å². The Hall–Kier alpha value is -1.48. The minimum Gasteiger partial charge on any atom is -0.166 e. The summed E-state index contributed by atoms with van der Waals surface area (Å²) in [5.41, 5.74) is -0.287. The van der Waals surface area contributed by atoms with Gasteiger partial charge in [0.05, 0.1) is 10.6 Å². The molecule has 0 aromatic heterocycles. The predicted molar refractivity (Wildman–Crippen MR) is 60.7 cm³/mol. The van der Waals surface area contributed by atoms with Crippen molar-refractivity contribution in [3.63, 3.8) is 0 Å². The van der Waals surface area contributed by atoms with Crippen LogP contribution in [0.15, 0.2) is 42.5 Å². The van der Waals surface area contributed by atoms with Gasteiger partial charge in [-0.3, -0.25) is 0 Å². The Balaban J connectivity index is 2.65. The molecular formula is C13H7ClF3. The van der Waals surface area contributed by atoms with Crippen molar-refractivity contribution in [1.82, 2.24) is 0 Å². The zero-order valence-corrected chi connectivity index (χ0v) is 9.31. The first-order valence-corrected chi connectivity index (χ1v) is 5.21. The first-order valence-electron chi connectivity index (χ1n) is 4.83. The standard InChI is InChI=1S/C13H7ClF3/c14-12-8-4-2-6-10(12)9-5-1-3-7-11(9)13(15,16)17/h1-7H. The van der Waals surface area contributed by atoms with Gasteiger partial charge in [-0.15, -0.1) is 0 Å². The van der Waals surface area contributed by atoms with Crippen LogP contribution in [0.3, 0.4) is 0 Å². The minimum absolute atomic E-state index is 0.0712. The van der Waals surface area contributed by atoms with E-state index in [9.17, 15) is 13.2 Å². The first-order chi connectivity index (χ1) is 8.00. The quantitative estimate of drug-likeness (QED) is 0.685. The Morgan fingerprint density at radius 2 is 1.59 bits per heavy atom. The summed E-state index contributed by atoms with van der Waals surface area (Å²) < 4.78 is 38.4. The smallest absolute Gasteiger partial charge is 0.166 e. The van der Waals surface area contributed by atoms with E-state index < -0.39 is 11.7 Å². The Morgan fingerprint density at radius 1 is 0.941 bits per heavy atom. The van der Waals surface area contributed by atoms with Gasteiger partial charge < -0.3 is 0 Å². The van der Waals surface area contributed by atoms with Crippen LogP contribution in [0.5, 0.6) is 0 Å². The summed E-state index contributed by atoms with van der Waals surface area (Å²) in [6.07, 6.45) is -4.39. The Bertz CT molecular complexity index is 532. The van der Waals surface area contributed by atoms with Gasteiger partial charge in [0.1, 0.15) is 0 Å². The Kier molecular flexibility index (Phi) is 3.11. The second-order valence-electron chi connectivity index (χ2n) is 3.44. The van der Waals surface area contributed by atoms with Crippen LogP contribution in [-0.2, 0) is 6.18 Å². The molecule has 0 saturated carbocycles. The van der Waals surface area contributed by atoms with Crippen LogP contribution in [-0.4, -0.2) is 0 Å². The molecule has 0 nitrogen and oxygen atoms in total. The molecule has 0 heterocycles. The molecule has 0 bridgehead atoms. The normalized spacial score (nSPS) is 11.5. The fraction of sp³-hybridized carbons (Fsp3) is 0.0769. The number of halogens is 4. The van der Waals surface area contributed by atoms with Crippen molar-refractivity contribution in [2.45, 2.75) is 6.18 Å². The average molecular weight is 256 g/mol. The SMILES string of the molecule is FC(F)(F)c1ccccc1-c1ccc[c]c1Cl. The van der Waals surface area contributed by atoms with Gasteiger partial charge in [-0.25, -0.2) is 0 Å². The average Bonchev–Trinajstić information content (AvgIpc) is 2.28. The molecule has 0 saturated heterocycles. The summed E-state index contributed by atoms with van der Waals surface area (Å²) in [5.74, 6) is 0. The summed E-state index contributed by atoms with van der Waals surface area (Å²) in [4.78, 5) is 0. The van der Waals surface area contributed by atoms with Crippen LogP contribution in [0.2, 0.25) is 5.02 Å². The van der Waals surface area contributed by atoms with Crippen molar-refractivity contribution < 1.29 is 13.2 Å². The maximum Gasteiger partial charge on any atom is 0.417 e. The van der Waals surface area contributed by atoms with Crippen molar-refractivity contribution in [3.05, 3.63) is 59.1 Å². The molecule has 0 spiro atoms. The molecule has 0 unspecified atom stereocenters. The first kappa shape index (κ1) is 12.0. The Morgan fingerprint density at radius 3 is 2.24 bits per heavy atom. The van der Waals surface area contributed by atoms with E-state index in [1.54, 1.807) is 24.3 Å². The van der Waals surface area contributed by atoms with Gasteiger partial charge in [-0.05, 0) is 11.6 Å². The lowest BCUT2D eigenvalue weighted by atomic mass is 9.99. The molecule has 1 radical (unpaired) electrons. The fourth-order valence-corrected chi connectivity index (χ4v) is 1.82. The number of rotatable bonds is 1. The summed E-state index contributed by atoms with van der Waals surface area (Å²) in [5, 5.41) is 0.184. The highest BCUT2D eigenvalue weighted by Crippen LogP contribution is 2.38. The van der Waals surface area contributed by atoms with Gasteiger partial charge in [-0.2, -0.15) is 13.2 Å². The highest BCUT2D eigenvalue weighted by atomic mass is 35.5.